The number of thioether (sulfide) groups is 7. The largest absolute Gasteiger partial charge is 0.462 e. The number of carbonyl (C=O) groups excluding carboxylic acids is 14. The summed E-state index contributed by atoms with van der Waals surface area (Å²) in [6, 6.07) is 0. The molecule has 0 radical (unpaired) electrons. The van der Waals surface area contributed by atoms with Gasteiger partial charge in [0.1, 0.15) is 92.5 Å². The molecule has 0 spiro atoms. The first-order chi connectivity index (χ1) is 70.9. The Morgan fingerprint density at radius 2 is 0.422 bits per heavy atom. The summed E-state index contributed by atoms with van der Waals surface area (Å²) < 4.78 is 76.2. The zero-order chi connectivity index (χ0) is 108. The molecule has 1 heterocycles. The van der Waals surface area contributed by atoms with Gasteiger partial charge < -0.3 is 95.7 Å². The van der Waals surface area contributed by atoms with Crippen molar-refractivity contribution in [3.63, 3.8) is 0 Å². The van der Waals surface area contributed by atoms with Crippen LogP contribution in [0.5, 0.6) is 0 Å². The Hall–Kier alpha value is -5.21. The fourth-order valence-electron chi connectivity index (χ4n) is 14.5. The van der Waals surface area contributed by atoms with Crippen LogP contribution in [0.1, 0.15) is 282 Å². The van der Waals surface area contributed by atoms with Gasteiger partial charge in [-0.3, -0.25) is 67.1 Å². The maximum atomic E-state index is 13.3. The molecule has 854 valence electrons. The van der Waals surface area contributed by atoms with Gasteiger partial charge in [-0.1, -0.05) is 177 Å². The monoisotopic (exact) mass is 2220 g/mol. The molecule has 0 amide bonds. The van der Waals surface area contributed by atoms with Gasteiger partial charge in [0.2, 0.25) is 0 Å². The molecule has 0 aliphatic carbocycles. The first kappa shape index (κ1) is 140. The van der Waals surface area contributed by atoms with Gasteiger partial charge in [0, 0.05) is 126 Å². The number of nitrogens with zero attached hydrogens (tertiary/aromatic N) is 6. The van der Waals surface area contributed by atoms with Crippen LogP contribution < -0.4 is 0 Å². The van der Waals surface area contributed by atoms with Gasteiger partial charge in [0.25, 0.3) is 0 Å². The van der Waals surface area contributed by atoms with Gasteiger partial charge in [-0.2, -0.15) is 35.3 Å². The lowest BCUT2D eigenvalue weighted by Crippen LogP contribution is -2.47. The fourth-order valence-corrected chi connectivity index (χ4v) is 21.3. The number of hydrogen-bond donors (Lipinski definition) is 0. The maximum Gasteiger partial charge on any atom is 0.318 e. The van der Waals surface area contributed by atoms with E-state index in [-0.39, 0.29) is 228 Å². The highest BCUT2D eigenvalue weighted by Gasteiger charge is 2.27. The SMILES string of the molecule is CCCCCCCCSC(C)C(=O)OCCOC(=O)CCN(CCSCC(C)C(=O)OCCOC(=O)CCN(CCSCC(C)C(=O)OCCOC(=O)CCN1CCN(CCCN(C)C)CC1)CCC(=O)OCCOC(=O)C(C)CSCCN(CCC(=O)OCCOC(=O)C(C)SCCCCCCCC)CCC(=O)OCCOC(=O)C(C)SCCCCCCCC)CCC(=O)OCCOC(=O)C(C)SCCCCCCCC. The molecule has 41 heteroatoms. The topological polar surface area (TPSA) is 388 Å². The van der Waals surface area contributed by atoms with E-state index in [0.29, 0.717) is 60.7 Å². The maximum absolute atomic E-state index is 13.3. The van der Waals surface area contributed by atoms with E-state index in [0.717, 1.165) is 120 Å². The van der Waals surface area contributed by atoms with Crippen LogP contribution in [0, 0.1) is 17.8 Å². The smallest absolute Gasteiger partial charge is 0.318 e. The van der Waals surface area contributed by atoms with Gasteiger partial charge in [-0.25, -0.2) is 0 Å². The predicted molar refractivity (Wildman–Crippen MR) is 592 cm³/mol. The van der Waals surface area contributed by atoms with Crippen molar-refractivity contribution in [2.45, 2.75) is 303 Å². The Morgan fingerprint density at radius 1 is 0.224 bits per heavy atom. The first-order valence-corrected chi connectivity index (χ1v) is 62.3. The zero-order valence-electron chi connectivity index (χ0n) is 91.9. The third-order valence-corrected chi connectivity index (χ3v) is 32.3. The van der Waals surface area contributed by atoms with E-state index in [4.69, 9.17) is 66.3 Å². The van der Waals surface area contributed by atoms with Crippen LogP contribution in [0.4, 0.5) is 0 Å². The van der Waals surface area contributed by atoms with E-state index in [2.05, 4.69) is 56.5 Å². The van der Waals surface area contributed by atoms with Crippen molar-refractivity contribution >= 4 is 166 Å². The van der Waals surface area contributed by atoms with E-state index in [1.807, 2.05) is 42.4 Å². The van der Waals surface area contributed by atoms with Crippen molar-refractivity contribution in [2.24, 2.45) is 17.8 Å². The van der Waals surface area contributed by atoms with Gasteiger partial charge in [0.05, 0.1) is 83.7 Å². The second kappa shape index (κ2) is 96.6. The van der Waals surface area contributed by atoms with Crippen LogP contribution in [-0.4, -0.2) is 403 Å². The molecule has 0 aromatic heterocycles. The first-order valence-electron chi connectivity index (χ1n) is 54.6. The summed E-state index contributed by atoms with van der Waals surface area (Å²) in [5, 5.41) is -1.38. The third kappa shape index (κ3) is 83.9. The summed E-state index contributed by atoms with van der Waals surface area (Å²) in [4.78, 5) is 194. The Bertz CT molecular complexity index is 3170. The summed E-state index contributed by atoms with van der Waals surface area (Å²) in [7, 11) is 4.14. The molecule has 0 bridgehead atoms. The molecule has 1 saturated heterocycles. The van der Waals surface area contributed by atoms with E-state index >= 15 is 0 Å². The van der Waals surface area contributed by atoms with Crippen molar-refractivity contribution in [1.82, 2.24) is 29.4 Å². The van der Waals surface area contributed by atoms with Gasteiger partial charge >= 0.3 is 83.6 Å². The highest BCUT2D eigenvalue weighted by atomic mass is 32.2. The summed E-state index contributed by atoms with van der Waals surface area (Å²) in [5.74, 6) is -2.08. The van der Waals surface area contributed by atoms with E-state index in [1.54, 1.807) is 67.8 Å². The second-order valence-electron chi connectivity index (χ2n) is 37.4. The molecule has 0 N–H and O–H groups in total. The fraction of sp³-hybridized carbons (Fsp3) is 0.868. The molecule has 7 unspecified atom stereocenters. The molecular weight excluding hydrogens is 2030 g/mol. The third-order valence-electron chi connectivity index (χ3n) is 23.9. The second-order valence-corrected chi connectivity index (χ2v) is 46.6. The number of carbonyl (C=O) groups is 14. The number of rotatable bonds is 100. The molecule has 0 saturated carbocycles. The highest BCUT2D eigenvalue weighted by molar-refractivity contribution is 8.01. The number of esters is 14. The van der Waals surface area contributed by atoms with Crippen LogP contribution in [0.15, 0.2) is 0 Å². The van der Waals surface area contributed by atoms with Crippen molar-refractivity contribution in [1.29, 1.82) is 0 Å². The average molecular weight is 2220 g/mol. The Balaban J connectivity index is 2.99. The molecule has 34 nitrogen and oxygen atoms in total. The quantitative estimate of drug-likeness (QED) is 0.0310. The van der Waals surface area contributed by atoms with Gasteiger partial charge in [-0.05, 0) is 110 Å². The Morgan fingerprint density at radius 3 is 0.646 bits per heavy atom. The van der Waals surface area contributed by atoms with Crippen LogP contribution in [-0.2, 0) is 133 Å². The zero-order valence-corrected chi connectivity index (χ0v) is 97.6. The molecule has 0 aromatic carbocycles. The Labute approximate surface area is 911 Å². The Kier molecular flexibility index (Phi) is 91.8. The van der Waals surface area contributed by atoms with E-state index < -0.39 is 71.5 Å². The van der Waals surface area contributed by atoms with Crippen LogP contribution in [0.3, 0.4) is 0 Å². The summed E-state index contributed by atoms with van der Waals surface area (Å²) in [6.45, 7) is 28.2. The number of ether oxygens (including phenoxy) is 14. The lowest BCUT2D eigenvalue weighted by atomic mass is 10.1. The van der Waals surface area contributed by atoms with Crippen LogP contribution in [0.2, 0.25) is 0 Å². The molecule has 7 atom stereocenters. The van der Waals surface area contributed by atoms with E-state index in [9.17, 15) is 67.1 Å². The average Bonchev–Trinajstić information content (AvgIpc) is 0.904. The minimum absolute atomic E-state index is 0.0163. The predicted octanol–water partition coefficient (Wildman–Crippen LogP) is 15.8. The van der Waals surface area contributed by atoms with Crippen LogP contribution in [0.25, 0.3) is 0 Å². The highest BCUT2D eigenvalue weighted by Crippen LogP contribution is 2.23. The molecule has 147 heavy (non-hydrogen) atoms. The van der Waals surface area contributed by atoms with E-state index in [1.165, 1.54) is 138 Å². The van der Waals surface area contributed by atoms with Crippen molar-refractivity contribution in [3.8, 4) is 0 Å². The normalized spacial score (nSPS) is 13.7. The molecule has 1 fully saturated rings. The van der Waals surface area contributed by atoms with Gasteiger partial charge in [-0.15, -0.1) is 47.0 Å². The van der Waals surface area contributed by atoms with Gasteiger partial charge in [0.15, 0.2) is 0 Å². The van der Waals surface area contributed by atoms with Crippen molar-refractivity contribution in [2.75, 3.05) is 269 Å². The molecule has 1 aliphatic rings. The standard InChI is InChI=1S/C106H190N6O28S7/c1-14-18-22-26-30-34-76-144-89(8)103(123)137-72-65-130-95(115)41-50-110(51-42-96(116)131-66-73-138-104(124)90(9)145-77-35-31-27-23-19-15-2)60-81-142-83-86(5)100(120)134-69-62-127-93(113)39-48-109(59-80-141-85-88(7)102(122)136-71-64-129-99(119)45-54-112-57-55-108(56-58-112)47-38-46-107(12)13)49-40-94(114)128-63-70-135-101(121)87(6)84-143-82-61-111(52-43-97(117)132-67-74-139-105(125)91(10)146-78-36-32-28-24-20-16-3)53-44-98(118)133-68-75-140-106(126)92(11)147-79-37-33-29-25-21-17-4/h86-92H,14-85H2,1-13H3. The summed E-state index contributed by atoms with van der Waals surface area (Å²) in [6.07, 6.45) is 29.0. The molecule has 1 aliphatic heterocycles. The lowest BCUT2D eigenvalue weighted by molar-refractivity contribution is -0.154. The number of hydrogen-bond acceptors (Lipinski definition) is 41. The summed E-state index contributed by atoms with van der Waals surface area (Å²) >= 11 is 10.6. The number of unbranched alkanes of at least 4 members (excludes halogenated alkanes) is 20. The molecule has 0 aromatic rings. The lowest BCUT2D eigenvalue weighted by Gasteiger charge is -2.34. The molecular formula is C106H190N6O28S7. The molecule has 1 rings (SSSR count). The minimum atomic E-state index is -0.582. The number of piperazine rings is 1. The summed E-state index contributed by atoms with van der Waals surface area (Å²) in [5.41, 5.74) is 0. The van der Waals surface area contributed by atoms with Crippen LogP contribution >= 0.6 is 82.3 Å². The van der Waals surface area contributed by atoms with Crippen molar-refractivity contribution < 1.29 is 133 Å². The van der Waals surface area contributed by atoms with Crippen molar-refractivity contribution in [3.05, 3.63) is 0 Å². The minimum Gasteiger partial charge on any atom is -0.462 e.